The van der Waals surface area contributed by atoms with E-state index in [1.54, 1.807) is 17.0 Å². The first-order chi connectivity index (χ1) is 16.8. The maximum atomic E-state index is 13.5. The van der Waals surface area contributed by atoms with Crippen LogP contribution in [0.25, 0.3) is 10.2 Å². The number of benzene rings is 2. The Kier molecular flexibility index (Phi) is 9.67. The summed E-state index contributed by atoms with van der Waals surface area (Å²) >= 11 is 1.43. The molecule has 0 N–H and O–H groups in total. The van der Waals surface area contributed by atoms with Gasteiger partial charge in [-0.3, -0.25) is 9.69 Å². The summed E-state index contributed by atoms with van der Waals surface area (Å²) in [5.74, 6) is 0.532. The number of amides is 1. The van der Waals surface area contributed by atoms with Gasteiger partial charge in [0.25, 0.3) is 5.91 Å². The van der Waals surface area contributed by atoms with Gasteiger partial charge in [0.15, 0.2) is 5.13 Å². The van der Waals surface area contributed by atoms with E-state index in [0.717, 1.165) is 16.0 Å². The molecule has 1 aromatic heterocycles. The van der Waals surface area contributed by atoms with Crippen molar-refractivity contribution >= 4 is 55.0 Å². The van der Waals surface area contributed by atoms with Crippen LogP contribution in [0.2, 0.25) is 0 Å². The van der Waals surface area contributed by atoms with Gasteiger partial charge in [0.2, 0.25) is 10.0 Å². The minimum absolute atomic E-state index is 0. The number of likely N-dealkylation sites (N-methyl/N-ethyl adjacent to an activating group) is 1. The number of ether oxygens (including phenoxy) is 2. The molecule has 2 heterocycles. The number of nitrogens with zero attached hydrogens (tertiary/aromatic N) is 4. The summed E-state index contributed by atoms with van der Waals surface area (Å²) in [5, 5.41) is 0.588. The number of fused-ring (bicyclic) bond motifs is 1. The first kappa shape index (κ1) is 28.3. The lowest BCUT2D eigenvalue weighted by atomic mass is 10.2. The monoisotopic (exact) mass is 554 g/mol. The summed E-state index contributed by atoms with van der Waals surface area (Å²) in [5.41, 5.74) is 1.20. The summed E-state index contributed by atoms with van der Waals surface area (Å²) < 4.78 is 39.0. The number of sulfonamides is 1. The second kappa shape index (κ2) is 12.3. The average molecular weight is 555 g/mol. The number of carbonyl (C=O) groups is 1. The van der Waals surface area contributed by atoms with E-state index in [1.165, 1.54) is 27.8 Å². The molecule has 0 atom stereocenters. The molecule has 1 aliphatic heterocycles. The topological polar surface area (TPSA) is 92.3 Å². The minimum atomic E-state index is -3.62. The van der Waals surface area contributed by atoms with Crippen LogP contribution in [0.3, 0.4) is 0 Å². The van der Waals surface area contributed by atoms with Crippen LogP contribution < -0.4 is 9.64 Å². The lowest BCUT2D eigenvalue weighted by Gasteiger charge is -2.26. The number of hydrogen-bond acceptors (Lipinski definition) is 8. The van der Waals surface area contributed by atoms with E-state index in [-0.39, 0.29) is 23.2 Å². The third kappa shape index (κ3) is 6.34. The maximum Gasteiger partial charge on any atom is 0.260 e. The molecule has 3 aromatic rings. The normalized spacial score (nSPS) is 14.6. The molecule has 1 amide bonds. The number of halogens is 1. The van der Waals surface area contributed by atoms with Crippen LogP contribution in [0.1, 0.15) is 17.3 Å². The van der Waals surface area contributed by atoms with Gasteiger partial charge in [0.1, 0.15) is 5.75 Å². The quantitative estimate of drug-likeness (QED) is 0.400. The molecule has 9 nitrogen and oxygen atoms in total. The molecule has 1 saturated heterocycles. The highest BCUT2D eigenvalue weighted by molar-refractivity contribution is 7.89. The van der Waals surface area contributed by atoms with Crippen LogP contribution in [0.15, 0.2) is 47.4 Å². The number of rotatable bonds is 9. The van der Waals surface area contributed by atoms with Gasteiger partial charge in [-0.05, 0) is 63.5 Å². The Morgan fingerprint density at radius 2 is 1.81 bits per heavy atom. The first-order valence-corrected chi connectivity index (χ1v) is 13.7. The fraction of sp³-hybridized carbons (Fsp3) is 0.417. The summed E-state index contributed by atoms with van der Waals surface area (Å²) in [4.78, 5) is 22.0. The Labute approximate surface area is 222 Å². The molecule has 12 heteroatoms. The fourth-order valence-electron chi connectivity index (χ4n) is 3.71. The molecule has 0 spiro atoms. The van der Waals surface area contributed by atoms with Gasteiger partial charge >= 0.3 is 0 Å². The van der Waals surface area contributed by atoms with Crippen molar-refractivity contribution in [1.82, 2.24) is 14.2 Å². The molecule has 196 valence electrons. The Morgan fingerprint density at radius 1 is 1.11 bits per heavy atom. The zero-order chi connectivity index (χ0) is 25.0. The zero-order valence-corrected chi connectivity index (χ0v) is 23.0. The second-order valence-electron chi connectivity index (χ2n) is 8.36. The van der Waals surface area contributed by atoms with Crippen molar-refractivity contribution in [3.8, 4) is 5.75 Å². The van der Waals surface area contributed by atoms with Gasteiger partial charge in [-0.25, -0.2) is 13.4 Å². The minimum Gasteiger partial charge on any atom is -0.494 e. The second-order valence-corrected chi connectivity index (χ2v) is 11.3. The van der Waals surface area contributed by atoms with Gasteiger partial charge in [-0.15, -0.1) is 12.4 Å². The number of anilines is 1. The number of carbonyl (C=O) groups excluding carboxylic acids is 1. The van der Waals surface area contributed by atoms with E-state index in [4.69, 9.17) is 14.5 Å². The van der Waals surface area contributed by atoms with Crippen molar-refractivity contribution in [1.29, 1.82) is 0 Å². The van der Waals surface area contributed by atoms with E-state index in [0.29, 0.717) is 56.7 Å². The van der Waals surface area contributed by atoms with Crippen molar-refractivity contribution in [2.75, 3.05) is 65.0 Å². The lowest BCUT2D eigenvalue weighted by Crippen LogP contribution is -2.40. The van der Waals surface area contributed by atoms with Gasteiger partial charge in [0, 0.05) is 31.7 Å². The van der Waals surface area contributed by atoms with E-state index >= 15 is 0 Å². The van der Waals surface area contributed by atoms with E-state index < -0.39 is 10.0 Å². The summed E-state index contributed by atoms with van der Waals surface area (Å²) in [6, 6.07) is 11.8. The molecule has 1 aliphatic rings. The van der Waals surface area contributed by atoms with Crippen LogP contribution in [0, 0.1) is 0 Å². The third-order valence-electron chi connectivity index (χ3n) is 5.62. The van der Waals surface area contributed by atoms with E-state index in [2.05, 4.69) is 0 Å². The lowest BCUT2D eigenvalue weighted by molar-refractivity contribution is 0.0730. The van der Waals surface area contributed by atoms with Crippen molar-refractivity contribution < 1.29 is 22.7 Å². The number of hydrogen-bond donors (Lipinski definition) is 0. The predicted octanol–water partition coefficient (Wildman–Crippen LogP) is 3.35. The summed E-state index contributed by atoms with van der Waals surface area (Å²) in [7, 11) is 0.265. The van der Waals surface area contributed by atoms with Gasteiger partial charge in [-0.2, -0.15) is 4.31 Å². The van der Waals surface area contributed by atoms with Crippen LogP contribution in [0.4, 0.5) is 5.13 Å². The van der Waals surface area contributed by atoms with E-state index in [9.17, 15) is 13.2 Å². The smallest absolute Gasteiger partial charge is 0.260 e. The highest BCUT2D eigenvalue weighted by Gasteiger charge is 2.27. The molecular formula is C24H31ClN4O5S2. The molecule has 0 unspecified atom stereocenters. The molecule has 0 bridgehead atoms. The standard InChI is InChI=1S/C24H30N4O5S2.ClH/c1-4-33-19-7-10-21-22(17-19)34-24(25-21)28(12-11-26(2)3)23(29)18-5-8-20(9-6-18)35(30,31)27-13-15-32-16-14-27;/h5-10,17H,4,11-16H2,1-3H3;1H. The Balaban J connectivity index is 0.00000361. The average Bonchev–Trinajstić information content (AvgIpc) is 3.27. The van der Waals surface area contributed by atoms with Crippen LogP contribution >= 0.6 is 23.7 Å². The van der Waals surface area contributed by atoms with Gasteiger partial charge in [-0.1, -0.05) is 11.3 Å². The third-order valence-corrected chi connectivity index (χ3v) is 8.57. The molecule has 0 aliphatic carbocycles. The van der Waals surface area contributed by atoms with Gasteiger partial charge in [0.05, 0.1) is 34.9 Å². The van der Waals surface area contributed by atoms with Crippen LogP contribution in [-0.2, 0) is 14.8 Å². The number of thiazole rings is 1. The van der Waals surface area contributed by atoms with Gasteiger partial charge < -0.3 is 14.4 Å². The number of morpholine rings is 1. The van der Waals surface area contributed by atoms with Crippen molar-refractivity contribution in [3.05, 3.63) is 48.0 Å². The molecule has 0 radical (unpaired) electrons. The molecule has 4 rings (SSSR count). The highest BCUT2D eigenvalue weighted by atomic mass is 35.5. The predicted molar refractivity (Wildman–Crippen MR) is 144 cm³/mol. The summed E-state index contributed by atoms with van der Waals surface area (Å²) in [6.07, 6.45) is 0. The van der Waals surface area contributed by atoms with Crippen molar-refractivity contribution in [3.63, 3.8) is 0 Å². The Morgan fingerprint density at radius 3 is 2.44 bits per heavy atom. The van der Waals surface area contributed by atoms with Crippen molar-refractivity contribution in [2.45, 2.75) is 11.8 Å². The highest BCUT2D eigenvalue weighted by Crippen LogP contribution is 2.32. The van der Waals surface area contributed by atoms with E-state index in [1.807, 2.05) is 44.1 Å². The zero-order valence-electron chi connectivity index (χ0n) is 20.5. The Bertz CT molecular complexity index is 1280. The maximum absolute atomic E-state index is 13.5. The van der Waals surface area contributed by atoms with Crippen molar-refractivity contribution in [2.24, 2.45) is 0 Å². The largest absolute Gasteiger partial charge is 0.494 e. The molecule has 2 aromatic carbocycles. The fourth-order valence-corrected chi connectivity index (χ4v) is 6.14. The molecule has 36 heavy (non-hydrogen) atoms. The molecular weight excluding hydrogens is 524 g/mol. The SMILES string of the molecule is CCOc1ccc2nc(N(CCN(C)C)C(=O)c3ccc(S(=O)(=O)N4CCOCC4)cc3)sc2c1.Cl. The Hall–Kier alpha value is -2.28. The molecule has 0 saturated carbocycles. The summed E-state index contributed by atoms with van der Waals surface area (Å²) in [6.45, 7) is 5.00. The number of aromatic nitrogens is 1. The molecule has 1 fully saturated rings. The first-order valence-electron chi connectivity index (χ1n) is 11.5. The van der Waals surface area contributed by atoms with Crippen LogP contribution in [-0.4, -0.2) is 88.6 Å². The van der Waals surface area contributed by atoms with Crippen LogP contribution in [0.5, 0.6) is 5.75 Å².